The van der Waals surface area contributed by atoms with E-state index in [0.29, 0.717) is 17.1 Å². The van der Waals surface area contributed by atoms with Crippen molar-refractivity contribution in [2.24, 2.45) is 11.8 Å². The highest BCUT2D eigenvalue weighted by Crippen LogP contribution is 2.67. The first-order valence-corrected chi connectivity index (χ1v) is 11.9. The zero-order valence-electron chi connectivity index (χ0n) is 16.5. The minimum atomic E-state index is -0.803. The summed E-state index contributed by atoms with van der Waals surface area (Å²) >= 11 is 11.5. The quantitative estimate of drug-likeness (QED) is 0.518. The summed E-state index contributed by atoms with van der Waals surface area (Å²) in [5.41, 5.74) is 1.32. The molecule has 0 aromatic heterocycles. The molecular formula is C20H23BrClN3O4S. The molecule has 0 saturated carbocycles. The molecule has 1 aromatic rings. The molecule has 0 aliphatic carbocycles. The van der Waals surface area contributed by atoms with Crippen LogP contribution in [0.25, 0.3) is 0 Å². The smallest absolute Gasteiger partial charge is 0.248 e. The fourth-order valence-corrected chi connectivity index (χ4v) is 9.11. The van der Waals surface area contributed by atoms with E-state index >= 15 is 0 Å². The first-order valence-electron chi connectivity index (χ1n) is 9.77. The van der Waals surface area contributed by atoms with Gasteiger partial charge in [0.1, 0.15) is 6.04 Å². The number of carbonyl (C=O) groups excluding carboxylic acids is 3. The maximum atomic E-state index is 13.6. The van der Waals surface area contributed by atoms with Crippen LogP contribution in [0, 0.1) is 18.8 Å². The number of hydrogen-bond donors (Lipinski definition) is 3. The molecule has 2 bridgehead atoms. The Bertz CT molecular complexity index is 898. The first-order chi connectivity index (χ1) is 14.3. The third-order valence-corrected chi connectivity index (χ3v) is 9.93. The SMILES string of the molecule is CNC(=O)[C@H]1[C@@H]2SC3(CC2Br)C(C(=O)Nc2c(C)cccc2Cl)N(CCO)C(=O)[C@H]13. The average molecular weight is 517 g/mol. The molecule has 1 aromatic carbocycles. The van der Waals surface area contributed by atoms with Gasteiger partial charge < -0.3 is 20.6 Å². The van der Waals surface area contributed by atoms with Gasteiger partial charge in [-0.05, 0) is 25.0 Å². The van der Waals surface area contributed by atoms with Crippen molar-refractivity contribution in [3.63, 3.8) is 0 Å². The van der Waals surface area contributed by atoms with E-state index < -0.39 is 22.6 Å². The van der Waals surface area contributed by atoms with E-state index in [1.165, 1.54) is 4.90 Å². The number of carbonyl (C=O) groups is 3. The van der Waals surface area contributed by atoms with Crippen LogP contribution in [0.2, 0.25) is 5.02 Å². The Kier molecular flexibility index (Phi) is 5.85. The molecule has 6 atom stereocenters. The zero-order valence-corrected chi connectivity index (χ0v) is 19.7. The molecule has 162 valence electrons. The molecule has 10 heteroatoms. The third-order valence-electron chi connectivity index (χ3n) is 6.40. The summed E-state index contributed by atoms with van der Waals surface area (Å²) in [5, 5.41) is 15.5. The lowest BCUT2D eigenvalue weighted by atomic mass is 9.70. The van der Waals surface area contributed by atoms with Crippen molar-refractivity contribution in [1.82, 2.24) is 10.2 Å². The van der Waals surface area contributed by atoms with Crippen LogP contribution in [0.1, 0.15) is 12.0 Å². The lowest BCUT2D eigenvalue weighted by Gasteiger charge is -2.35. The highest BCUT2D eigenvalue weighted by Gasteiger charge is 2.75. The maximum Gasteiger partial charge on any atom is 0.248 e. The molecule has 3 aliphatic heterocycles. The van der Waals surface area contributed by atoms with Gasteiger partial charge in [-0.1, -0.05) is 39.7 Å². The number of β-amino-alcohol motifs (C(OH)–C–C–N with tert-alkyl or cyclic N) is 1. The van der Waals surface area contributed by atoms with Crippen LogP contribution < -0.4 is 10.6 Å². The van der Waals surface area contributed by atoms with Crippen LogP contribution in [0.15, 0.2) is 18.2 Å². The molecule has 30 heavy (non-hydrogen) atoms. The summed E-state index contributed by atoms with van der Waals surface area (Å²) in [6.07, 6.45) is 0.591. The number of amides is 3. The van der Waals surface area contributed by atoms with E-state index in [9.17, 15) is 19.5 Å². The van der Waals surface area contributed by atoms with Gasteiger partial charge in [0.25, 0.3) is 0 Å². The van der Waals surface area contributed by atoms with E-state index in [1.54, 1.807) is 30.9 Å². The molecule has 4 rings (SSSR count). The molecule has 3 saturated heterocycles. The summed E-state index contributed by atoms with van der Waals surface area (Å²) in [6.45, 7) is 1.62. The number of aliphatic hydroxyl groups excluding tert-OH is 1. The summed E-state index contributed by atoms with van der Waals surface area (Å²) in [7, 11) is 1.56. The molecular weight excluding hydrogens is 494 g/mol. The van der Waals surface area contributed by atoms with Gasteiger partial charge in [0.05, 0.1) is 33.9 Å². The highest BCUT2D eigenvalue weighted by molar-refractivity contribution is 9.09. The Hall–Kier alpha value is -1.29. The van der Waals surface area contributed by atoms with Gasteiger partial charge in [-0.25, -0.2) is 0 Å². The standard InChI is InChI=1S/C20H23BrClN3O4S/c1-9-4-3-5-11(22)14(9)24-18(28)16-20-8-10(21)15(30-20)12(17(27)23-2)13(20)19(29)25(16)6-7-26/h3-5,10,12-13,15-16,26H,6-8H2,1-2H3,(H,23,27)(H,24,28)/t10?,12-,13+,15-,16?,20?/m1/s1. The molecule has 3 amide bonds. The Balaban J connectivity index is 1.75. The van der Waals surface area contributed by atoms with E-state index in [4.69, 9.17) is 11.6 Å². The van der Waals surface area contributed by atoms with Crippen molar-refractivity contribution < 1.29 is 19.5 Å². The van der Waals surface area contributed by atoms with Gasteiger partial charge >= 0.3 is 0 Å². The van der Waals surface area contributed by atoms with Crippen LogP contribution in [0.3, 0.4) is 0 Å². The number of halogens is 2. The summed E-state index contributed by atoms with van der Waals surface area (Å²) in [4.78, 5) is 41.1. The van der Waals surface area contributed by atoms with Crippen molar-refractivity contribution >= 4 is 62.7 Å². The minimum Gasteiger partial charge on any atom is -0.395 e. The van der Waals surface area contributed by atoms with Gasteiger partial charge in [-0.2, -0.15) is 0 Å². The number of aryl methyl sites for hydroxylation is 1. The Morgan fingerprint density at radius 2 is 2.13 bits per heavy atom. The predicted octanol–water partition coefficient (Wildman–Crippen LogP) is 1.79. The number of rotatable bonds is 5. The molecule has 3 unspecified atom stereocenters. The van der Waals surface area contributed by atoms with E-state index in [2.05, 4.69) is 26.6 Å². The fourth-order valence-electron chi connectivity index (χ4n) is 5.23. The highest BCUT2D eigenvalue weighted by atomic mass is 79.9. The largest absolute Gasteiger partial charge is 0.395 e. The molecule has 3 fully saturated rings. The topological polar surface area (TPSA) is 98.7 Å². The number of fused-ring (bicyclic) bond motifs is 1. The Labute approximate surface area is 192 Å². The second kappa shape index (κ2) is 8.00. The molecule has 3 aliphatic rings. The van der Waals surface area contributed by atoms with Gasteiger partial charge in [-0.3, -0.25) is 14.4 Å². The summed E-state index contributed by atoms with van der Waals surface area (Å²) in [5.74, 6) is -1.91. The van der Waals surface area contributed by atoms with Crippen LogP contribution in [-0.4, -0.2) is 68.8 Å². The Morgan fingerprint density at radius 1 is 1.40 bits per heavy atom. The number of nitrogens with one attached hydrogen (secondary N) is 2. The molecule has 0 radical (unpaired) electrons. The lowest BCUT2D eigenvalue weighted by Crippen LogP contribution is -2.53. The number of likely N-dealkylation sites (tertiary alicyclic amines) is 1. The van der Waals surface area contributed by atoms with Crippen molar-refractivity contribution in [3.05, 3.63) is 28.8 Å². The van der Waals surface area contributed by atoms with Gasteiger partial charge in [0.2, 0.25) is 17.7 Å². The van der Waals surface area contributed by atoms with Crippen molar-refractivity contribution in [2.45, 2.75) is 34.2 Å². The number of hydrogen-bond acceptors (Lipinski definition) is 5. The number of anilines is 1. The fraction of sp³-hybridized carbons (Fsp3) is 0.550. The number of para-hydroxylation sites is 1. The normalized spacial score (nSPS) is 34.2. The van der Waals surface area contributed by atoms with Crippen LogP contribution in [0.4, 0.5) is 5.69 Å². The van der Waals surface area contributed by atoms with Crippen LogP contribution >= 0.6 is 39.3 Å². The number of benzene rings is 1. The molecule has 3 heterocycles. The van der Waals surface area contributed by atoms with E-state index in [0.717, 1.165) is 5.56 Å². The van der Waals surface area contributed by atoms with E-state index in [1.807, 2.05) is 13.0 Å². The van der Waals surface area contributed by atoms with Crippen LogP contribution in [-0.2, 0) is 14.4 Å². The first kappa shape index (κ1) is 21.9. The van der Waals surface area contributed by atoms with Crippen molar-refractivity contribution in [3.8, 4) is 0 Å². The lowest BCUT2D eigenvalue weighted by molar-refractivity contribution is -0.139. The summed E-state index contributed by atoms with van der Waals surface area (Å²) < 4.78 is -0.735. The van der Waals surface area contributed by atoms with Crippen molar-refractivity contribution in [2.75, 3.05) is 25.5 Å². The van der Waals surface area contributed by atoms with Gasteiger partial charge in [-0.15, -0.1) is 11.8 Å². The molecule has 1 spiro atoms. The number of thioether (sulfide) groups is 1. The van der Waals surface area contributed by atoms with Gasteiger partial charge in [0, 0.05) is 23.7 Å². The number of aliphatic hydroxyl groups is 1. The Morgan fingerprint density at radius 3 is 2.77 bits per heavy atom. The summed E-state index contributed by atoms with van der Waals surface area (Å²) in [6, 6.07) is 4.54. The van der Waals surface area contributed by atoms with Crippen LogP contribution in [0.5, 0.6) is 0 Å². The zero-order chi connectivity index (χ0) is 21.8. The number of nitrogens with zero attached hydrogens (tertiary/aromatic N) is 1. The number of alkyl halides is 1. The molecule has 3 N–H and O–H groups in total. The minimum absolute atomic E-state index is 0.0141. The second-order valence-electron chi connectivity index (χ2n) is 7.95. The average Bonchev–Trinajstić information content (AvgIpc) is 3.28. The van der Waals surface area contributed by atoms with Crippen molar-refractivity contribution in [1.29, 1.82) is 0 Å². The predicted molar refractivity (Wildman–Crippen MR) is 120 cm³/mol. The van der Waals surface area contributed by atoms with E-state index in [-0.39, 0.29) is 41.0 Å². The van der Waals surface area contributed by atoms with Gasteiger partial charge in [0.15, 0.2) is 0 Å². The third kappa shape index (κ3) is 3.08. The molecule has 7 nitrogen and oxygen atoms in total. The second-order valence-corrected chi connectivity index (χ2v) is 11.1. The monoisotopic (exact) mass is 515 g/mol. The maximum absolute atomic E-state index is 13.6.